The molecule has 180 valence electrons. The molecule has 35 heavy (non-hydrogen) atoms. The van der Waals surface area contributed by atoms with Gasteiger partial charge in [-0.2, -0.15) is 0 Å². The normalized spacial score (nSPS) is 10.9. The summed E-state index contributed by atoms with van der Waals surface area (Å²) in [5.41, 5.74) is 0.234. The molecular formula is C25H22F2N4O4. The molecule has 0 atom stereocenters. The van der Waals surface area contributed by atoms with Gasteiger partial charge in [-0.3, -0.25) is 14.6 Å². The molecular weight excluding hydrogens is 458 g/mol. The first-order valence-corrected chi connectivity index (χ1v) is 10.7. The molecule has 0 bridgehead atoms. The lowest BCUT2D eigenvalue weighted by Gasteiger charge is -2.13. The third-order valence-corrected chi connectivity index (χ3v) is 5.07. The van der Waals surface area contributed by atoms with Crippen LogP contribution in [-0.4, -0.2) is 36.1 Å². The molecule has 0 saturated heterocycles. The number of amides is 1. The fourth-order valence-corrected chi connectivity index (χ4v) is 3.34. The Morgan fingerprint density at radius 1 is 1.11 bits per heavy atom. The number of H-pyrrole nitrogens is 1. The Bertz CT molecular complexity index is 1430. The van der Waals surface area contributed by atoms with Crippen molar-refractivity contribution in [2.45, 2.75) is 6.92 Å². The standard InChI is InChI=1S/C25H22F2N4O4/c1-14-9-22(32)18(13-30-14)25(33)31-15-10-19(26)24(20(27)11-15)35-23-5-6-29-21-12-16(3-4-17(21)23)34-8-7-28-2/h3-6,9-13,28H,7-8H2,1-2H3,(H,30,32)(H,31,33). The average molecular weight is 480 g/mol. The van der Waals surface area contributed by atoms with Crippen molar-refractivity contribution in [2.75, 3.05) is 25.5 Å². The van der Waals surface area contributed by atoms with Gasteiger partial charge in [-0.1, -0.05) is 0 Å². The van der Waals surface area contributed by atoms with Crippen LogP contribution in [0, 0.1) is 18.6 Å². The Labute approximate surface area is 198 Å². The van der Waals surface area contributed by atoms with Crippen LogP contribution in [-0.2, 0) is 0 Å². The molecule has 0 radical (unpaired) electrons. The second kappa shape index (κ2) is 10.3. The van der Waals surface area contributed by atoms with Crippen molar-refractivity contribution in [2.24, 2.45) is 0 Å². The second-order valence-electron chi connectivity index (χ2n) is 7.66. The van der Waals surface area contributed by atoms with Crippen LogP contribution in [0.3, 0.4) is 0 Å². The minimum Gasteiger partial charge on any atom is -0.492 e. The summed E-state index contributed by atoms with van der Waals surface area (Å²) in [6, 6.07) is 9.67. The van der Waals surface area contributed by atoms with Crippen LogP contribution in [0.25, 0.3) is 10.9 Å². The van der Waals surface area contributed by atoms with Crippen molar-refractivity contribution >= 4 is 22.5 Å². The van der Waals surface area contributed by atoms with Crippen LogP contribution in [0.5, 0.6) is 17.2 Å². The SMILES string of the molecule is CNCCOc1ccc2c(Oc3c(F)cc(NC(=O)c4c[nH]c(C)cc4=O)cc3F)ccnc2c1. The Morgan fingerprint density at radius 3 is 2.60 bits per heavy atom. The summed E-state index contributed by atoms with van der Waals surface area (Å²) < 4.78 is 40.8. The molecule has 0 aliphatic carbocycles. The molecule has 0 fully saturated rings. The minimum atomic E-state index is -1.03. The molecule has 2 aromatic heterocycles. The van der Waals surface area contributed by atoms with E-state index in [9.17, 15) is 18.4 Å². The van der Waals surface area contributed by atoms with E-state index in [4.69, 9.17) is 9.47 Å². The molecule has 8 nitrogen and oxygen atoms in total. The monoisotopic (exact) mass is 480 g/mol. The number of hydrogen-bond donors (Lipinski definition) is 3. The summed E-state index contributed by atoms with van der Waals surface area (Å²) in [5.74, 6) is -2.71. The molecule has 2 heterocycles. The van der Waals surface area contributed by atoms with Crippen LogP contribution >= 0.6 is 0 Å². The third-order valence-electron chi connectivity index (χ3n) is 5.07. The topological polar surface area (TPSA) is 105 Å². The molecule has 4 rings (SSSR count). The van der Waals surface area contributed by atoms with Gasteiger partial charge in [0.2, 0.25) is 0 Å². The van der Waals surface area contributed by atoms with E-state index in [0.29, 0.717) is 35.5 Å². The number of carbonyl (C=O) groups excluding carboxylic acids is 1. The van der Waals surface area contributed by atoms with Gasteiger partial charge in [0.25, 0.3) is 5.91 Å². The molecule has 0 aliphatic heterocycles. The zero-order chi connectivity index (χ0) is 24.9. The van der Waals surface area contributed by atoms with Crippen LogP contribution in [0.1, 0.15) is 16.1 Å². The Balaban J connectivity index is 1.56. The molecule has 0 aliphatic rings. The number of likely N-dealkylation sites (N-methyl/N-ethyl adjacent to an activating group) is 1. The number of benzene rings is 2. The van der Waals surface area contributed by atoms with E-state index in [0.717, 1.165) is 12.1 Å². The highest BCUT2D eigenvalue weighted by Gasteiger charge is 2.18. The fourth-order valence-electron chi connectivity index (χ4n) is 3.34. The lowest BCUT2D eigenvalue weighted by Crippen LogP contribution is -2.21. The fraction of sp³-hybridized carbons (Fsp3) is 0.160. The highest BCUT2D eigenvalue weighted by molar-refractivity contribution is 6.04. The Morgan fingerprint density at radius 2 is 1.89 bits per heavy atom. The van der Waals surface area contributed by atoms with E-state index in [1.807, 2.05) is 7.05 Å². The van der Waals surface area contributed by atoms with Gasteiger partial charge >= 0.3 is 0 Å². The van der Waals surface area contributed by atoms with Crippen molar-refractivity contribution in [3.8, 4) is 17.2 Å². The van der Waals surface area contributed by atoms with E-state index in [1.165, 1.54) is 24.5 Å². The number of anilines is 1. The number of ether oxygens (including phenoxy) is 2. The van der Waals surface area contributed by atoms with Crippen LogP contribution in [0.2, 0.25) is 0 Å². The molecule has 1 amide bonds. The van der Waals surface area contributed by atoms with Crippen LogP contribution in [0.15, 0.2) is 59.7 Å². The summed E-state index contributed by atoms with van der Waals surface area (Å²) in [6.45, 7) is 2.80. The van der Waals surface area contributed by atoms with Gasteiger partial charge in [-0.15, -0.1) is 0 Å². The molecule has 2 aromatic carbocycles. The van der Waals surface area contributed by atoms with E-state index >= 15 is 0 Å². The van der Waals surface area contributed by atoms with Crippen molar-refractivity contribution in [3.05, 3.63) is 88.0 Å². The zero-order valence-electron chi connectivity index (χ0n) is 18.9. The van der Waals surface area contributed by atoms with Gasteiger partial charge < -0.3 is 25.1 Å². The van der Waals surface area contributed by atoms with E-state index in [1.54, 1.807) is 25.1 Å². The van der Waals surface area contributed by atoms with E-state index < -0.39 is 28.7 Å². The number of aromatic amines is 1. The molecule has 4 aromatic rings. The summed E-state index contributed by atoms with van der Waals surface area (Å²) in [6.07, 6.45) is 2.70. The van der Waals surface area contributed by atoms with Gasteiger partial charge in [-0.05, 0) is 32.2 Å². The largest absolute Gasteiger partial charge is 0.492 e. The number of carbonyl (C=O) groups is 1. The maximum atomic E-state index is 14.8. The molecule has 0 unspecified atom stereocenters. The predicted octanol–water partition coefficient (Wildman–Crippen LogP) is 4.15. The van der Waals surface area contributed by atoms with E-state index in [-0.39, 0.29) is 17.0 Å². The molecule has 0 spiro atoms. The van der Waals surface area contributed by atoms with Gasteiger partial charge in [0.15, 0.2) is 22.8 Å². The van der Waals surface area contributed by atoms with Crippen LogP contribution < -0.4 is 25.5 Å². The Kier molecular flexibility index (Phi) is 7.02. The van der Waals surface area contributed by atoms with Crippen molar-refractivity contribution in [3.63, 3.8) is 0 Å². The second-order valence-corrected chi connectivity index (χ2v) is 7.66. The first kappa shape index (κ1) is 23.8. The zero-order valence-corrected chi connectivity index (χ0v) is 18.9. The smallest absolute Gasteiger partial charge is 0.261 e. The third kappa shape index (κ3) is 5.44. The molecule has 3 N–H and O–H groups in total. The maximum absolute atomic E-state index is 14.8. The molecule has 0 saturated carbocycles. The lowest BCUT2D eigenvalue weighted by atomic mass is 10.2. The van der Waals surface area contributed by atoms with Crippen molar-refractivity contribution in [1.82, 2.24) is 15.3 Å². The number of halogens is 2. The highest BCUT2D eigenvalue weighted by atomic mass is 19.1. The first-order valence-electron chi connectivity index (χ1n) is 10.7. The first-order chi connectivity index (χ1) is 16.9. The number of nitrogens with one attached hydrogen (secondary N) is 3. The van der Waals surface area contributed by atoms with Crippen LogP contribution in [0.4, 0.5) is 14.5 Å². The quantitative estimate of drug-likeness (QED) is 0.327. The number of fused-ring (bicyclic) bond motifs is 1. The number of nitrogens with zero attached hydrogens (tertiary/aromatic N) is 1. The van der Waals surface area contributed by atoms with Gasteiger partial charge in [0.1, 0.15) is 23.7 Å². The summed E-state index contributed by atoms with van der Waals surface area (Å²) in [4.78, 5) is 31.4. The summed E-state index contributed by atoms with van der Waals surface area (Å²) in [5, 5.41) is 5.83. The molecule has 10 heteroatoms. The highest BCUT2D eigenvalue weighted by Crippen LogP contribution is 2.34. The number of rotatable bonds is 8. The number of aromatic nitrogens is 2. The number of aryl methyl sites for hydroxylation is 1. The van der Waals surface area contributed by atoms with Crippen molar-refractivity contribution < 1.29 is 23.0 Å². The lowest BCUT2D eigenvalue weighted by molar-refractivity contribution is 0.102. The van der Waals surface area contributed by atoms with Gasteiger partial charge in [0, 0.05) is 60.0 Å². The predicted molar refractivity (Wildman–Crippen MR) is 127 cm³/mol. The average Bonchev–Trinajstić information content (AvgIpc) is 2.81. The summed E-state index contributed by atoms with van der Waals surface area (Å²) in [7, 11) is 1.82. The number of pyridine rings is 2. The number of hydrogen-bond acceptors (Lipinski definition) is 6. The minimum absolute atomic E-state index is 0.166. The maximum Gasteiger partial charge on any atom is 0.261 e. The Hall–Kier alpha value is -4.31. The summed E-state index contributed by atoms with van der Waals surface area (Å²) >= 11 is 0. The van der Waals surface area contributed by atoms with E-state index in [2.05, 4.69) is 20.6 Å². The van der Waals surface area contributed by atoms with Crippen molar-refractivity contribution in [1.29, 1.82) is 0 Å². The van der Waals surface area contributed by atoms with Gasteiger partial charge in [0.05, 0.1) is 5.52 Å². The van der Waals surface area contributed by atoms with Gasteiger partial charge in [-0.25, -0.2) is 8.78 Å².